The number of nitrogens with one attached hydrogen (secondary N) is 2. The summed E-state index contributed by atoms with van der Waals surface area (Å²) < 4.78 is 4.78. The number of aryl methyl sites for hydroxylation is 1. The Kier molecular flexibility index (Phi) is 8.18. The van der Waals surface area contributed by atoms with Gasteiger partial charge in [0.05, 0.1) is 19.4 Å². The van der Waals surface area contributed by atoms with E-state index in [2.05, 4.69) is 17.4 Å². The molecule has 37 heavy (non-hydrogen) atoms. The van der Waals surface area contributed by atoms with Gasteiger partial charge in [0, 0.05) is 30.3 Å². The van der Waals surface area contributed by atoms with Crippen LogP contribution in [0.5, 0.6) is 0 Å². The Balaban J connectivity index is 1.43. The summed E-state index contributed by atoms with van der Waals surface area (Å²) in [6.45, 7) is 0.842. The number of benzene rings is 3. The number of carbonyl (C=O) groups excluding carboxylic acids is 3. The zero-order chi connectivity index (χ0) is 26.4. The number of fused-ring (bicyclic) bond motifs is 1. The van der Waals surface area contributed by atoms with Crippen LogP contribution in [-0.2, 0) is 20.7 Å². The molecule has 1 aliphatic heterocycles. The average molecular weight is 501 g/mol. The van der Waals surface area contributed by atoms with E-state index < -0.39 is 11.9 Å². The summed E-state index contributed by atoms with van der Waals surface area (Å²) in [6, 6.07) is 20.7. The van der Waals surface area contributed by atoms with Crippen LogP contribution in [0.4, 0.5) is 0 Å². The van der Waals surface area contributed by atoms with Gasteiger partial charge in [0.25, 0.3) is 5.91 Å². The number of nitrogens with two attached hydrogens (primary N) is 1. The number of carbonyl (C=O) groups is 3. The van der Waals surface area contributed by atoms with E-state index in [9.17, 15) is 14.4 Å². The molecule has 3 aromatic rings. The molecule has 0 aliphatic carbocycles. The first-order valence-electron chi connectivity index (χ1n) is 12.4. The number of rotatable bonds is 10. The number of hydrogen-bond acceptors (Lipinski definition) is 5. The molecule has 4 rings (SSSR count). The molecule has 2 amide bonds. The number of hydrogen-bond donors (Lipinski definition) is 3. The third-order valence-electron chi connectivity index (χ3n) is 6.89. The van der Waals surface area contributed by atoms with Crippen molar-refractivity contribution in [3.05, 3.63) is 83.4 Å². The Morgan fingerprint density at radius 1 is 1.05 bits per heavy atom. The summed E-state index contributed by atoms with van der Waals surface area (Å²) in [6.07, 6.45) is 2.15. The molecule has 0 spiro atoms. The molecule has 0 aromatic heterocycles. The van der Waals surface area contributed by atoms with Crippen LogP contribution < -0.4 is 11.1 Å². The maximum absolute atomic E-state index is 13.1. The first-order valence-corrected chi connectivity index (χ1v) is 12.4. The first kappa shape index (κ1) is 25.9. The van der Waals surface area contributed by atoms with Crippen molar-refractivity contribution in [3.8, 4) is 0 Å². The highest BCUT2D eigenvalue weighted by molar-refractivity contribution is 6.02. The van der Waals surface area contributed by atoms with Crippen molar-refractivity contribution in [2.45, 2.75) is 31.7 Å². The summed E-state index contributed by atoms with van der Waals surface area (Å²) in [5.74, 6) is -1.20. The van der Waals surface area contributed by atoms with Crippen LogP contribution in [0.3, 0.4) is 0 Å². The molecule has 3 aromatic carbocycles. The number of nitrogen functional groups attached to an aromatic ring is 1. The number of amides is 2. The monoisotopic (exact) mass is 500 g/mol. The van der Waals surface area contributed by atoms with Crippen molar-refractivity contribution < 1.29 is 19.1 Å². The Hall–Kier alpha value is -4.20. The second kappa shape index (κ2) is 11.7. The molecule has 2 atom stereocenters. The van der Waals surface area contributed by atoms with Crippen LogP contribution in [0.25, 0.3) is 10.8 Å². The lowest BCUT2D eigenvalue weighted by atomic mass is 10.0. The van der Waals surface area contributed by atoms with Gasteiger partial charge >= 0.3 is 5.97 Å². The molecule has 1 aliphatic rings. The van der Waals surface area contributed by atoms with E-state index in [1.807, 2.05) is 30.3 Å². The largest absolute Gasteiger partial charge is 0.469 e. The van der Waals surface area contributed by atoms with Crippen molar-refractivity contribution in [3.63, 3.8) is 0 Å². The topological polar surface area (TPSA) is 126 Å². The number of methoxy groups -OCH3 is 1. The van der Waals surface area contributed by atoms with E-state index >= 15 is 0 Å². The zero-order valence-electron chi connectivity index (χ0n) is 20.9. The summed E-state index contributed by atoms with van der Waals surface area (Å²) in [4.78, 5) is 39.8. The van der Waals surface area contributed by atoms with Crippen LogP contribution in [0.1, 0.15) is 40.7 Å². The van der Waals surface area contributed by atoms with E-state index in [-0.39, 0.29) is 30.1 Å². The smallest absolute Gasteiger partial charge is 0.306 e. The Labute approximate surface area is 216 Å². The first-order chi connectivity index (χ1) is 17.9. The lowest BCUT2D eigenvalue weighted by Crippen LogP contribution is -2.42. The normalized spacial score (nSPS) is 17.1. The standard InChI is InChI=1S/C29H32N4O4/c1-37-26(34)17-24-16-25(33(29(24)36)13-5-8-19-6-3-2-4-7-19)18-32-28(35)22-12-10-20-9-11-21(27(30)31)14-23(20)15-22/h2-4,6-7,9-12,14-15,24-25H,5,8,13,16-18H2,1H3,(H3,30,31)(H,32,35)/t24-,25-/m0/s1. The van der Waals surface area contributed by atoms with Crippen molar-refractivity contribution in [1.82, 2.24) is 10.2 Å². The summed E-state index contributed by atoms with van der Waals surface area (Å²) >= 11 is 0. The summed E-state index contributed by atoms with van der Waals surface area (Å²) in [5.41, 5.74) is 7.89. The van der Waals surface area contributed by atoms with Gasteiger partial charge in [0.2, 0.25) is 5.91 Å². The Morgan fingerprint density at radius 3 is 2.46 bits per heavy atom. The van der Waals surface area contributed by atoms with E-state index in [0.717, 1.165) is 23.6 Å². The van der Waals surface area contributed by atoms with E-state index in [1.165, 1.54) is 12.7 Å². The molecule has 192 valence electrons. The van der Waals surface area contributed by atoms with Gasteiger partial charge < -0.3 is 20.7 Å². The summed E-state index contributed by atoms with van der Waals surface area (Å²) in [7, 11) is 1.32. The van der Waals surface area contributed by atoms with Gasteiger partial charge in [-0.3, -0.25) is 19.8 Å². The molecule has 0 radical (unpaired) electrons. The van der Waals surface area contributed by atoms with E-state index in [0.29, 0.717) is 30.6 Å². The van der Waals surface area contributed by atoms with Gasteiger partial charge in [-0.25, -0.2) is 0 Å². The average Bonchev–Trinajstić information content (AvgIpc) is 3.20. The maximum Gasteiger partial charge on any atom is 0.306 e. The van der Waals surface area contributed by atoms with Crippen LogP contribution >= 0.6 is 0 Å². The fraction of sp³-hybridized carbons (Fsp3) is 0.310. The zero-order valence-corrected chi connectivity index (χ0v) is 20.9. The molecular weight excluding hydrogens is 468 g/mol. The molecule has 0 bridgehead atoms. The molecule has 8 heteroatoms. The van der Waals surface area contributed by atoms with Crippen molar-refractivity contribution in [2.75, 3.05) is 20.2 Å². The summed E-state index contributed by atoms with van der Waals surface area (Å²) in [5, 5.41) is 12.4. The third kappa shape index (κ3) is 6.33. The van der Waals surface area contributed by atoms with Crippen LogP contribution in [0.15, 0.2) is 66.7 Å². The lowest BCUT2D eigenvalue weighted by Gasteiger charge is -2.25. The highest BCUT2D eigenvalue weighted by Crippen LogP contribution is 2.28. The highest BCUT2D eigenvalue weighted by atomic mass is 16.5. The highest BCUT2D eigenvalue weighted by Gasteiger charge is 2.40. The molecule has 4 N–H and O–H groups in total. The fourth-order valence-corrected chi connectivity index (χ4v) is 4.88. The fourth-order valence-electron chi connectivity index (χ4n) is 4.88. The second-order valence-electron chi connectivity index (χ2n) is 9.39. The molecule has 1 heterocycles. The second-order valence-corrected chi connectivity index (χ2v) is 9.39. The van der Waals surface area contributed by atoms with Gasteiger partial charge in [-0.2, -0.15) is 0 Å². The SMILES string of the molecule is COC(=O)C[C@@H]1C[C@@H](CNC(=O)c2ccc3ccc(C(=N)N)cc3c2)N(CCCc2ccccc2)C1=O. The van der Waals surface area contributed by atoms with E-state index in [4.69, 9.17) is 15.9 Å². The lowest BCUT2D eigenvalue weighted by molar-refractivity contribution is -0.144. The van der Waals surface area contributed by atoms with E-state index in [1.54, 1.807) is 29.2 Å². The molecule has 1 saturated heterocycles. The molecule has 1 fully saturated rings. The maximum atomic E-state index is 13.1. The molecule has 0 unspecified atom stereocenters. The molecule has 8 nitrogen and oxygen atoms in total. The van der Waals surface area contributed by atoms with Gasteiger partial charge in [-0.1, -0.05) is 48.5 Å². The Bertz CT molecular complexity index is 1310. The number of esters is 1. The van der Waals surface area contributed by atoms with Gasteiger partial charge in [-0.05, 0) is 53.8 Å². The van der Waals surface area contributed by atoms with Crippen LogP contribution in [0.2, 0.25) is 0 Å². The number of ether oxygens (including phenoxy) is 1. The predicted molar refractivity (Wildman–Crippen MR) is 142 cm³/mol. The molecule has 0 saturated carbocycles. The predicted octanol–water partition coefficient (Wildman–Crippen LogP) is 3.27. The quantitative estimate of drug-likeness (QED) is 0.224. The van der Waals surface area contributed by atoms with Crippen molar-refractivity contribution >= 4 is 34.4 Å². The van der Waals surface area contributed by atoms with Crippen LogP contribution in [-0.4, -0.2) is 54.8 Å². The number of likely N-dealkylation sites (tertiary alicyclic amines) is 1. The van der Waals surface area contributed by atoms with Gasteiger partial charge in [0.15, 0.2) is 0 Å². The number of nitrogens with zero attached hydrogens (tertiary/aromatic N) is 1. The minimum Gasteiger partial charge on any atom is -0.469 e. The molecular formula is C29H32N4O4. The minimum absolute atomic E-state index is 0.0310. The minimum atomic E-state index is -0.447. The Morgan fingerprint density at radius 2 is 1.76 bits per heavy atom. The van der Waals surface area contributed by atoms with Crippen LogP contribution in [0, 0.1) is 11.3 Å². The number of amidine groups is 1. The van der Waals surface area contributed by atoms with Crippen molar-refractivity contribution in [1.29, 1.82) is 5.41 Å². The third-order valence-corrected chi connectivity index (χ3v) is 6.89. The van der Waals surface area contributed by atoms with Gasteiger partial charge in [-0.15, -0.1) is 0 Å². The van der Waals surface area contributed by atoms with Crippen molar-refractivity contribution in [2.24, 2.45) is 11.7 Å². The van der Waals surface area contributed by atoms with Gasteiger partial charge in [0.1, 0.15) is 5.84 Å².